The molecule has 1 atom stereocenters. The van der Waals surface area contributed by atoms with Crippen LogP contribution in [0, 0.1) is 5.92 Å². The lowest BCUT2D eigenvalue weighted by Crippen LogP contribution is -2.28. The van der Waals surface area contributed by atoms with Crippen molar-refractivity contribution >= 4 is 11.9 Å². The number of halogens is 3. The molecule has 210 valence electrons. The highest BCUT2D eigenvalue weighted by atomic mass is 19.4. The van der Waals surface area contributed by atoms with Crippen molar-refractivity contribution < 1.29 is 37.0 Å². The number of carboxylic acid groups (broad SMARTS) is 1. The zero-order chi connectivity index (χ0) is 28.9. The van der Waals surface area contributed by atoms with Crippen LogP contribution in [0.1, 0.15) is 79.8 Å². The number of carboxylic acids is 1. The number of alkyl halides is 3. The molecule has 6 nitrogen and oxygen atoms in total. The Morgan fingerprint density at radius 3 is 2.13 bits per heavy atom. The van der Waals surface area contributed by atoms with Crippen molar-refractivity contribution in [3.05, 3.63) is 77.0 Å². The predicted octanol–water partition coefficient (Wildman–Crippen LogP) is 7.80. The van der Waals surface area contributed by atoms with Crippen molar-refractivity contribution in [3.63, 3.8) is 0 Å². The highest BCUT2D eigenvalue weighted by Gasteiger charge is 2.30. The number of rotatable bonds is 11. The molecular weight excluding hydrogens is 511 g/mol. The van der Waals surface area contributed by atoms with Crippen molar-refractivity contribution in [1.29, 1.82) is 0 Å². The van der Waals surface area contributed by atoms with Crippen LogP contribution in [-0.4, -0.2) is 35.5 Å². The minimum atomic E-state index is -4.42. The van der Waals surface area contributed by atoms with Gasteiger partial charge in [0.1, 0.15) is 23.4 Å². The monoisotopic (exact) mass is 545 g/mol. The first-order valence-electron chi connectivity index (χ1n) is 12.8. The third-order valence-electron chi connectivity index (χ3n) is 6.23. The van der Waals surface area contributed by atoms with E-state index >= 15 is 0 Å². The lowest BCUT2D eigenvalue weighted by molar-refractivity contribution is -0.138. The van der Waals surface area contributed by atoms with Gasteiger partial charge in [0.2, 0.25) is 0 Å². The minimum absolute atomic E-state index is 0.00259. The molecule has 1 heterocycles. The van der Waals surface area contributed by atoms with Crippen LogP contribution in [0.5, 0.6) is 5.75 Å². The Morgan fingerprint density at radius 1 is 1.00 bits per heavy atom. The highest BCUT2D eigenvalue weighted by Crippen LogP contribution is 2.39. The van der Waals surface area contributed by atoms with Gasteiger partial charge in [-0.2, -0.15) is 13.2 Å². The van der Waals surface area contributed by atoms with Gasteiger partial charge in [0, 0.05) is 36.2 Å². The molecule has 0 fully saturated rings. The van der Waals surface area contributed by atoms with Crippen LogP contribution >= 0.6 is 0 Å². The van der Waals surface area contributed by atoms with E-state index in [1.165, 1.54) is 17.0 Å². The molecule has 0 aliphatic carbocycles. The summed E-state index contributed by atoms with van der Waals surface area (Å²) in [5, 5.41) is 8.85. The first-order valence-corrected chi connectivity index (χ1v) is 12.8. The Bertz CT molecular complexity index is 1260. The average Bonchev–Trinajstić information content (AvgIpc) is 3.32. The van der Waals surface area contributed by atoms with E-state index in [-0.39, 0.29) is 30.7 Å². The van der Waals surface area contributed by atoms with E-state index in [0.717, 1.165) is 17.7 Å². The fourth-order valence-corrected chi connectivity index (χ4v) is 4.18. The molecule has 1 unspecified atom stereocenters. The van der Waals surface area contributed by atoms with Crippen LogP contribution in [0.4, 0.5) is 13.2 Å². The summed E-state index contributed by atoms with van der Waals surface area (Å²) >= 11 is 0. The maximum absolute atomic E-state index is 13.0. The summed E-state index contributed by atoms with van der Waals surface area (Å²) in [7, 11) is 1.55. The number of carbonyl (C=O) groups excluding carboxylic acids is 1. The third-order valence-corrected chi connectivity index (χ3v) is 6.23. The van der Waals surface area contributed by atoms with E-state index in [0.29, 0.717) is 34.8 Å². The number of furan rings is 1. The van der Waals surface area contributed by atoms with Crippen LogP contribution in [0.25, 0.3) is 11.3 Å². The SMILES string of the molecule is CC(C)CC(Oc1ccc(C(=O)N(C)CCC(=O)O)cc1)c1cc(-c2ccc(C(F)(F)F)cc2)oc1C(C)C. The molecule has 0 radical (unpaired) electrons. The van der Waals surface area contributed by atoms with Crippen LogP contribution in [0.2, 0.25) is 0 Å². The summed E-state index contributed by atoms with van der Waals surface area (Å²) in [6.45, 7) is 8.19. The first kappa shape index (κ1) is 29.8. The summed E-state index contributed by atoms with van der Waals surface area (Å²) in [6.07, 6.45) is -4.29. The Morgan fingerprint density at radius 2 is 1.62 bits per heavy atom. The summed E-state index contributed by atoms with van der Waals surface area (Å²) in [5.41, 5.74) is 1.04. The van der Waals surface area contributed by atoms with Gasteiger partial charge in [-0.3, -0.25) is 9.59 Å². The van der Waals surface area contributed by atoms with E-state index in [1.807, 2.05) is 19.9 Å². The van der Waals surface area contributed by atoms with Gasteiger partial charge < -0.3 is 19.2 Å². The van der Waals surface area contributed by atoms with Crippen LogP contribution < -0.4 is 4.74 Å². The van der Waals surface area contributed by atoms with Gasteiger partial charge in [0.25, 0.3) is 5.91 Å². The van der Waals surface area contributed by atoms with Crippen LogP contribution in [0.15, 0.2) is 59.0 Å². The topological polar surface area (TPSA) is 80.0 Å². The van der Waals surface area contributed by atoms with Crippen molar-refractivity contribution in [2.45, 2.75) is 58.7 Å². The standard InChI is InChI=1S/C30H34F3NO5/c1-18(2)16-26(38-23-12-8-21(9-13-23)29(37)34(5)15-14-27(35)36)24-17-25(39-28(24)19(3)4)20-6-10-22(11-7-20)30(31,32)33/h6-13,17-19,26H,14-16H2,1-5H3,(H,35,36). The number of benzene rings is 2. The quantitative estimate of drug-likeness (QED) is 0.266. The van der Waals surface area contributed by atoms with Gasteiger partial charge in [-0.15, -0.1) is 0 Å². The molecule has 0 spiro atoms. The number of nitrogens with zero attached hydrogens (tertiary/aromatic N) is 1. The molecule has 0 aliphatic heterocycles. The van der Waals surface area contributed by atoms with Crippen molar-refractivity contribution in [2.75, 3.05) is 13.6 Å². The van der Waals surface area contributed by atoms with Crippen molar-refractivity contribution in [1.82, 2.24) is 4.90 Å². The Kier molecular flexibility index (Phi) is 9.48. The average molecular weight is 546 g/mol. The molecule has 1 aromatic heterocycles. The zero-order valence-corrected chi connectivity index (χ0v) is 22.7. The Labute approximate surface area is 226 Å². The van der Waals surface area contributed by atoms with Gasteiger partial charge >= 0.3 is 12.1 Å². The predicted molar refractivity (Wildman–Crippen MR) is 142 cm³/mol. The Hall–Kier alpha value is -3.75. The molecule has 1 N–H and O–H groups in total. The van der Waals surface area contributed by atoms with Gasteiger partial charge in [-0.1, -0.05) is 39.8 Å². The number of hydrogen-bond donors (Lipinski definition) is 1. The number of amides is 1. The largest absolute Gasteiger partial charge is 0.486 e. The van der Waals surface area contributed by atoms with E-state index in [1.54, 1.807) is 31.3 Å². The molecule has 9 heteroatoms. The summed E-state index contributed by atoms with van der Waals surface area (Å²) in [4.78, 5) is 24.8. The lowest BCUT2D eigenvalue weighted by atomic mass is 9.95. The Balaban J connectivity index is 1.87. The molecule has 2 aromatic carbocycles. The molecule has 0 saturated carbocycles. The maximum Gasteiger partial charge on any atom is 0.416 e. The molecule has 0 saturated heterocycles. The first-order chi connectivity index (χ1) is 18.3. The second-order valence-corrected chi connectivity index (χ2v) is 10.3. The van der Waals surface area contributed by atoms with E-state index < -0.39 is 23.8 Å². The van der Waals surface area contributed by atoms with Crippen LogP contribution in [-0.2, 0) is 11.0 Å². The van der Waals surface area contributed by atoms with Crippen molar-refractivity contribution in [3.8, 4) is 17.1 Å². The normalized spacial score (nSPS) is 12.6. The molecule has 3 aromatic rings. The number of ether oxygens (including phenoxy) is 1. The number of carbonyl (C=O) groups is 2. The third kappa shape index (κ3) is 7.88. The second kappa shape index (κ2) is 12.4. The summed E-state index contributed by atoms with van der Waals surface area (Å²) in [5.74, 6) is 0.701. The fraction of sp³-hybridized carbons (Fsp3) is 0.400. The second-order valence-electron chi connectivity index (χ2n) is 10.3. The molecule has 3 rings (SSSR count). The number of hydrogen-bond acceptors (Lipinski definition) is 4. The van der Waals surface area contributed by atoms with E-state index in [4.69, 9.17) is 14.3 Å². The summed E-state index contributed by atoms with van der Waals surface area (Å²) < 4.78 is 51.6. The van der Waals surface area contributed by atoms with Gasteiger partial charge in [0.15, 0.2) is 0 Å². The number of aliphatic carboxylic acids is 1. The fourth-order valence-electron chi connectivity index (χ4n) is 4.18. The van der Waals surface area contributed by atoms with Gasteiger partial charge in [0.05, 0.1) is 12.0 Å². The maximum atomic E-state index is 13.0. The van der Waals surface area contributed by atoms with Gasteiger partial charge in [-0.25, -0.2) is 0 Å². The highest BCUT2D eigenvalue weighted by molar-refractivity contribution is 5.94. The van der Waals surface area contributed by atoms with Gasteiger partial charge in [-0.05, 0) is 54.8 Å². The molecule has 0 aliphatic rings. The molecular formula is C30H34F3NO5. The van der Waals surface area contributed by atoms with E-state index in [9.17, 15) is 22.8 Å². The van der Waals surface area contributed by atoms with E-state index in [2.05, 4.69) is 13.8 Å². The van der Waals surface area contributed by atoms with Crippen molar-refractivity contribution in [2.24, 2.45) is 5.92 Å². The van der Waals surface area contributed by atoms with Crippen LogP contribution in [0.3, 0.4) is 0 Å². The smallest absolute Gasteiger partial charge is 0.416 e. The lowest BCUT2D eigenvalue weighted by Gasteiger charge is -2.22. The zero-order valence-electron chi connectivity index (χ0n) is 22.7. The molecule has 1 amide bonds. The minimum Gasteiger partial charge on any atom is -0.486 e. The molecule has 0 bridgehead atoms. The molecule has 39 heavy (non-hydrogen) atoms. The summed E-state index contributed by atoms with van der Waals surface area (Å²) in [6, 6.07) is 13.4.